The molecule has 2 aromatic heterocycles. The third-order valence-corrected chi connectivity index (χ3v) is 8.31. The van der Waals surface area contributed by atoms with Crippen molar-refractivity contribution in [1.29, 1.82) is 0 Å². The van der Waals surface area contributed by atoms with Crippen LogP contribution >= 0.6 is 23.1 Å². The van der Waals surface area contributed by atoms with Crippen LogP contribution in [0.25, 0.3) is 10.2 Å². The molecule has 0 spiro atoms. The van der Waals surface area contributed by atoms with Gasteiger partial charge in [0.1, 0.15) is 4.83 Å². The zero-order valence-corrected chi connectivity index (χ0v) is 19.5. The predicted molar refractivity (Wildman–Crippen MR) is 125 cm³/mol. The smallest absolute Gasteiger partial charge is 0.263 e. The first-order chi connectivity index (χ1) is 13.9. The molecule has 0 amide bonds. The molecule has 29 heavy (non-hydrogen) atoms. The average Bonchev–Trinajstić information content (AvgIpc) is 3.06. The van der Waals surface area contributed by atoms with Crippen LogP contribution in [0.2, 0.25) is 0 Å². The SMILES string of the molecule is CCCSc1nc2sc3c(c2c(=O)n1Cc1ccccc1)CC[C@@H](C(C)(C)C)C3. The van der Waals surface area contributed by atoms with Gasteiger partial charge in [0.15, 0.2) is 5.16 Å². The Morgan fingerprint density at radius 1 is 1.24 bits per heavy atom. The highest BCUT2D eigenvalue weighted by molar-refractivity contribution is 7.99. The Bertz CT molecular complexity index is 1060. The second kappa shape index (κ2) is 8.27. The fraction of sp³-hybridized carbons (Fsp3) is 0.500. The van der Waals surface area contributed by atoms with E-state index < -0.39 is 0 Å². The zero-order valence-electron chi connectivity index (χ0n) is 17.8. The van der Waals surface area contributed by atoms with Crippen molar-refractivity contribution in [2.45, 2.75) is 65.1 Å². The van der Waals surface area contributed by atoms with Gasteiger partial charge >= 0.3 is 0 Å². The van der Waals surface area contributed by atoms with E-state index in [0.717, 1.165) is 52.4 Å². The molecule has 0 saturated heterocycles. The van der Waals surface area contributed by atoms with E-state index in [1.165, 1.54) is 10.4 Å². The van der Waals surface area contributed by atoms with Crippen LogP contribution in [0.3, 0.4) is 0 Å². The van der Waals surface area contributed by atoms with Crippen molar-refractivity contribution in [3.63, 3.8) is 0 Å². The van der Waals surface area contributed by atoms with Gasteiger partial charge < -0.3 is 0 Å². The van der Waals surface area contributed by atoms with E-state index >= 15 is 0 Å². The number of hydrogen-bond acceptors (Lipinski definition) is 4. The summed E-state index contributed by atoms with van der Waals surface area (Å²) in [4.78, 5) is 21.0. The molecule has 4 rings (SSSR count). The summed E-state index contributed by atoms with van der Waals surface area (Å²) < 4.78 is 1.90. The number of rotatable bonds is 5. The maximum Gasteiger partial charge on any atom is 0.263 e. The number of thiophene rings is 1. The molecule has 0 N–H and O–H groups in total. The third-order valence-electron chi connectivity index (χ3n) is 5.98. The van der Waals surface area contributed by atoms with Crippen LogP contribution in [-0.2, 0) is 19.4 Å². The van der Waals surface area contributed by atoms with Gasteiger partial charge in [-0.1, -0.05) is 69.8 Å². The average molecular weight is 427 g/mol. The van der Waals surface area contributed by atoms with E-state index in [4.69, 9.17) is 4.98 Å². The Labute approximate surface area is 181 Å². The molecule has 2 heterocycles. The number of nitrogens with zero attached hydrogens (tertiary/aromatic N) is 2. The van der Waals surface area contributed by atoms with Gasteiger partial charge in [-0.15, -0.1) is 11.3 Å². The van der Waals surface area contributed by atoms with Crippen LogP contribution in [0.4, 0.5) is 0 Å². The van der Waals surface area contributed by atoms with Gasteiger partial charge in [0, 0.05) is 10.6 Å². The summed E-state index contributed by atoms with van der Waals surface area (Å²) in [5.74, 6) is 1.65. The van der Waals surface area contributed by atoms with Crippen LogP contribution in [0.1, 0.15) is 56.5 Å². The van der Waals surface area contributed by atoms with Crippen molar-refractivity contribution in [1.82, 2.24) is 9.55 Å². The number of fused-ring (bicyclic) bond motifs is 3. The lowest BCUT2D eigenvalue weighted by molar-refractivity contribution is 0.218. The van der Waals surface area contributed by atoms with Gasteiger partial charge in [0.25, 0.3) is 5.56 Å². The molecule has 1 aliphatic carbocycles. The highest BCUT2D eigenvalue weighted by atomic mass is 32.2. The summed E-state index contributed by atoms with van der Waals surface area (Å²) in [5.41, 5.74) is 2.86. The number of aromatic nitrogens is 2. The Hall–Kier alpha value is -1.59. The van der Waals surface area contributed by atoms with Gasteiger partial charge in [-0.2, -0.15) is 0 Å². The van der Waals surface area contributed by atoms with Crippen molar-refractivity contribution >= 4 is 33.3 Å². The maximum absolute atomic E-state index is 13.6. The highest BCUT2D eigenvalue weighted by Crippen LogP contribution is 2.42. The van der Waals surface area contributed by atoms with Gasteiger partial charge in [0.2, 0.25) is 0 Å². The van der Waals surface area contributed by atoms with Crippen LogP contribution in [0, 0.1) is 11.3 Å². The Balaban J connectivity index is 1.82. The summed E-state index contributed by atoms with van der Waals surface area (Å²) in [6.07, 6.45) is 4.31. The first kappa shape index (κ1) is 20.7. The molecule has 0 unspecified atom stereocenters. The van der Waals surface area contributed by atoms with Crippen molar-refractivity contribution in [3.05, 3.63) is 56.7 Å². The molecule has 0 aliphatic heterocycles. The third kappa shape index (κ3) is 4.17. The number of thioether (sulfide) groups is 1. The number of benzene rings is 1. The Morgan fingerprint density at radius 2 is 2.00 bits per heavy atom. The summed E-state index contributed by atoms with van der Waals surface area (Å²) in [7, 11) is 0. The standard InChI is InChI=1S/C24H30N2OS2/c1-5-13-28-23-25-21-20(22(27)26(23)15-16-9-7-6-8-10-16)18-12-11-17(24(2,3)4)14-19(18)29-21/h6-10,17H,5,11-15H2,1-4H3/t17-/m1/s1. The van der Waals surface area contributed by atoms with Crippen LogP contribution in [-0.4, -0.2) is 15.3 Å². The molecule has 3 nitrogen and oxygen atoms in total. The monoisotopic (exact) mass is 426 g/mol. The van der Waals surface area contributed by atoms with Crippen molar-refractivity contribution in [3.8, 4) is 0 Å². The minimum atomic E-state index is 0.143. The normalized spacial score (nSPS) is 16.9. The molecule has 1 aliphatic rings. The lowest BCUT2D eigenvalue weighted by atomic mass is 9.72. The first-order valence-corrected chi connectivity index (χ1v) is 12.4. The number of hydrogen-bond donors (Lipinski definition) is 0. The van der Waals surface area contributed by atoms with Gasteiger partial charge in [0.05, 0.1) is 11.9 Å². The minimum Gasteiger partial charge on any atom is -0.283 e. The minimum absolute atomic E-state index is 0.143. The lowest BCUT2D eigenvalue weighted by Gasteiger charge is -2.33. The molecular formula is C24H30N2OS2. The first-order valence-electron chi connectivity index (χ1n) is 10.6. The molecule has 0 saturated carbocycles. The maximum atomic E-state index is 13.6. The second-order valence-electron chi connectivity index (χ2n) is 9.11. The molecule has 1 aromatic carbocycles. The number of aryl methyl sites for hydroxylation is 1. The summed E-state index contributed by atoms with van der Waals surface area (Å²) in [5, 5.41) is 1.74. The fourth-order valence-corrected chi connectivity index (χ4v) is 6.38. The second-order valence-corrected chi connectivity index (χ2v) is 11.3. The molecule has 0 fully saturated rings. The molecular weight excluding hydrogens is 396 g/mol. The molecule has 0 radical (unpaired) electrons. The highest BCUT2D eigenvalue weighted by Gasteiger charge is 2.32. The van der Waals surface area contributed by atoms with E-state index in [2.05, 4.69) is 39.8 Å². The van der Waals surface area contributed by atoms with Gasteiger partial charge in [-0.05, 0) is 48.1 Å². The summed E-state index contributed by atoms with van der Waals surface area (Å²) in [6, 6.07) is 10.2. The lowest BCUT2D eigenvalue weighted by Crippen LogP contribution is -2.27. The van der Waals surface area contributed by atoms with Crippen LogP contribution in [0.15, 0.2) is 40.3 Å². The van der Waals surface area contributed by atoms with Crippen LogP contribution < -0.4 is 5.56 Å². The molecule has 1 atom stereocenters. The molecule has 0 bridgehead atoms. The molecule has 154 valence electrons. The topological polar surface area (TPSA) is 34.9 Å². The summed E-state index contributed by atoms with van der Waals surface area (Å²) >= 11 is 3.46. The largest absolute Gasteiger partial charge is 0.283 e. The Kier molecular flexibility index (Phi) is 5.90. The van der Waals surface area contributed by atoms with Gasteiger partial charge in [-0.3, -0.25) is 9.36 Å². The predicted octanol–water partition coefficient (Wildman–Crippen LogP) is 6.16. The van der Waals surface area contributed by atoms with E-state index in [1.54, 1.807) is 23.1 Å². The molecule has 5 heteroatoms. The molecule has 3 aromatic rings. The quantitative estimate of drug-likeness (QED) is 0.362. The van der Waals surface area contributed by atoms with E-state index in [0.29, 0.717) is 17.9 Å². The van der Waals surface area contributed by atoms with Crippen LogP contribution in [0.5, 0.6) is 0 Å². The fourth-order valence-electron chi connectivity index (χ4n) is 4.19. The summed E-state index contributed by atoms with van der Waals surface area (Å²) in [6.45, 7) is 9.76. The van der Waals surface area contributed by atoms with E-state index in [9.17, 15) is 4.79 Å². The van der Waals surface area contributed by atoms with E-state index in [1.807, 2.05) is 22.8 Å². The zero-order chi connectivity index (χ0) is 20.6. The van der Waals surface area contributed by atoms with Crippen molar-refractivity contribution in [2.24, 2.45) is 11.3 Å². The van der Waals surface area contributed by atoms with Gasteiger partial charge in [-0.25, -0.2) is 4.98 Å². The van der Waals surface area contributed by atoms with Crippen molar-refractivity contribution < 1.29 is 0 Å². The van der Waals surface area contributed by atoms with Crippen molar-refractivity contribution in [2.75, 3.05) is 5.75 Å². The Morgan fingerprint density at radius 3 is 2.69 bits per heavy atom. The van der Waals surface area contributed by atoms with E-state index in [-0.39, 0.29) is 5.56 Å².